The third-order valence-corrected chi connectivity index (χ3v) is 4.51. The van der Waals surface area contributed by atoms with E-state index in [0.29, 0.717) is 6.61 Å². The highest BCUT2D eigenvalue weighted by Gasteiger charge is 2.18. The molecule has 0 aliphatic rings. The zero-order valence-electron chi connectivity index (χ0n) is 18.8. The number of benzene rings is 2. The highest BCUT2D eigenvalue weighted by atomic mass is 16.5. The topological polar surface area (TPSA) is 108 Å². The van der Waals surface area contributed by atoms with Crippen molar-refractivity contribution in [1.82, 2.24) is 0 Å². The second kappa shape index (κ2) is 11.5. The minimum absolute atomic E-state index is 0.103. The minimum Gasteiger partial charge on any atom is -0.493 e. The van der Waals surface area contributed by atoms with Gasteiger partial charge < -0.3 is 25.4 Å². The highest BCUT2D eigenvalue weighted by molar-refractivity contribution is 6.07. The number of aromatic carboxylic acids is 1. The first-order chi connectivity index (χ1) is 15.2. The molecular formula is C24H29N3O5. The Kier molecular flexibility index (Phi) is 8.83. The number of rotatable bonds is 10. The standard InChI is InChI=1S/C24H29N3O5/c1-5-6-13-32-22-15-21(25-16(2)28)20(14-19(22)24(30)31)26-23(29)12-9-17-7-10-18(11-8-17)27(3)4/h7-12,14-15H,5-6,13H2,1-4H3,(H,25,28)(H,26,29)(H,30,31). The lowest BCUT2D eigenvalue weighted by Gasteiger charge is -2.16. The molecule has 0 saturated carbocycles. The van der Waals surface area contributed by atoms with Crippen LogP contribution in [0.5, 0.6) is 5.75 Å². The van der Waals surface area contributed by atoms with Gasteiger partial charge in [-0.3, -0.25) is 9.59 Å². The number of ether oxygens (including phenoxy) is 1. The van der Waals surface area contributed by atoms with Gasteiger partial charge in [-0.2, -0.15) is 0 Å². The Morgan fingerprint density at radius 1 is 1.06 bits per heavy atom. The third kappa shape index (κ3) is 7.16. The molecule has 0 aliphatic carbocycles. The maximum absolute atomic E-state index is 12.5. The van der Waals surface area contributed by atoms with E-state index in [-0.39, 0.29) is 28.6 Å². The van der Waals surface area contributed by atoms with Crippen LogP contribution in [0.4, 0.5) is 17.1 Å². The summed E-state index contributed by atoms with van der Waals surface area (Å²) in [6.45, 7) is 3.66. The Balaban J connectivity index is 2.26. The number of hydrogen-bond acceptors (Lipinski definition) is 5. The van der Waals surface area contributed by atoms with Crippen LogP contribution in [0.1, 0.15) is 42.6 Å². The second-order valence-electron chi connectivity index (χ2n) is 7.39. The molecule has 0 aliphatic heterocycles. The van der Waals surface area contributed by atoms with E-state index in [2.05, 4.69) is 10.6 Å². The van der Waals surface area contributed by atoms with Gasteiger partial charge in [0.1, 0.15) is 11.3 Å². The van der Waals surface area contributed by atoms with Crippen molar-refractivity contribution in [2.24, 2.45) is 0 Å². The van der Waals surface area contributed by atoms with Crippen LogP contribution in [-0.2, 0) is 9.59 Å². The maximum Gasteiger partial charge on any atom is 0.339 e. The fraction of sp³-hybridized carbons (Fsp3) is 0.292. The average Bonchev–Trinajstić information content (AvgIpc) is 2.73. The summed E-state index contributed by atoms with van der Waals surface area (Å²) in [6, 6.07) is 10.3. The molecule has 0 spiro atoms. The predicted molar refractivity (Wildman–Crippen MR) is 127 cm³/mol. The fourth-order valence-corrected chi connectivity index (χ4v) is 2.82. The van der Waals surface area contributed by atoms with Crippen molar-refractivity contribution >= 4 is 40.9 Å². The first-order valence-electron chi connectivity index (χ1n) is 10.3. The molecule has 170 valence electrons. The molecule has 0 heterocycles. The zero-order chi connectivity index (χ0) is 23.7. The Morgan fingerprint density at radius 3 is 2.28 bits per heavy atom. The molecule has 8 nitrogen and oxygen atoms in total. The molecule has 0 saturated heterocycles. The van der Waals surface area contributed by atoms with Crippen molar-refractivity contribution in [3.8, 4) is 5.75 Å². The van der Waals surface area contributed by atoms with Gasteiger partial charge in [-0.15, -0.1) is 0 Å². The van der Waals surface area contributed by atoms with Crippen LogP contribution >= 0.6 is 0 Å². The largest absolute Gasteiger partial charge is 0.493 e. The van der Waals surface area contributed by atoms with Crippen molar-refractivity contribution < 1.29 is 24.2 Å². The number of unbranched alkanes of at least 4 members (excludes halogenated alkanes) is 1. The second-order valence-corrected chi connectivity index (χ2v) is 7.39. The average molecular weight is 440 g/mol. The lowest BCUT2D eigenvalue weighted by Crippen LogP contribution is -2.15. The third-order valence-electron chi connectivity index (χ3n) is 4.51. The quantitative estimate of drug-likeness (QED) is 0.377. The number of carboxylic acids is 1. The smallest absolute Gasteiger partial charge is 0.339 e. The molecule has 0 unspecified atom stereocenters. The van der Waals surface area contributed by atoms with E-state index in [1.807, 2.05) is 50.2 Å². The van der Waals surface area contributed by atoms with E-state index < -0.39 is 11.9 Å². The van der Waals surface area contributed by atoms with Gasteiger partial charge in [0.15, 0.2) is 0 Å². The number of nitrogens with zero attached hydrogens (tertiary/aromatic N) is 1. The number of carbonyl (C=O) groups is 3. The molecule has 0 fully saturated rings. The Morgan fingerprint density at radius 2 is 1.72 bits per heavy atom. The number of hydrogen-bond donors (Lipinski definition) is 3. The lowest BCUT2D eigenvalue weighted by molar-refractivity contribution is -0.114. The van der Waals surface area contributed by atoms with Gasteiger partial charge in [0.05, 0.1) is 18.0 Å². The summed E-state index contributed by atoms with van der Waals surface area (Å²) in [4.78, 5) is 37.8. The lowest BCUT2D eigenvalue weighted by atomic mass is 10.1. The molecular weight excluding hydrogens is 410 g/mol. The summed E-state index contributed by atoms with van der Waals surface area (Å²) < 4.78 is 5.59. The summed E-state index contributed by atoms with van der Waals surface area (Å²) in [7, 11) is 3.88. The number of carbonyl (C=O) groups excluding carboxylic acids is 2. The first-order valence-corrected chi connectivity index (χ1v) is 10.3. The zero-order valence-corrected chi connectivity index (χ0v) is 18.8. The van der Waals surface area contributed by atoms with E-state index in [4.69, 9.17) is 4.74 Å². The Labute approximate surface area is 187 Å². The molecule has 3 N–H and O–H groups in total. The SMILES string of the molecule is CCCCOc1cc(NC(C)=O)c(NC(=O)C=Cc2ccc(N(C)C)cc2)cc1C(=O)O. The van der Waals surface area contributed by atoms with Gasteiger partial charge in [-0.1, -0.05) is 25.5 Å². The fourth-order valence-electron chi connectivity index (χ4n) is 2.82. The van der Waals surface area contributed by atoms with Gasteiger partial charge in [0.2, 0.25) is 11.8 Å². The summed E-state index contributed by atoms with van der Waals surface area (Å²) in [5.41, 5.74) is 2.19. The Bertz CT molecular complexity index is 997. The molecule has 0 atom stereocenters. The molecule has 0 radical (unpaired) electrons. The number of carboxylic acid groups (broad SMARTS) is 1. The van der Waals surface area contributed by atoms with E-state index in [1.165, 1.54) is 25.1 Å². The van der Waals surface area contributed by atoms with Crippen LogP contribution in [0, 0.1) is 0 Å². The molecule has 8 heteroatoms. The summed E-state index contributed by atoms with van der Waals surface area (Å²) in [6.07, 6.45) is 4.63. The van der Waals surface area contributed by atoms with Crippen molar-refractivity contribution in [1.29, 1.82) is 0 Å². The number of amides is 2. The van der Waals surface area contributed by atoms with E-state index in [9.17, 15) is 19.5 Å². The van der Waals surface area contributed by atoms with Gasteiger partial charge in [0.25, 0.3) is 0 Å². The molecule has 2 rings (SSSR count). The van der Waals surface area contributed by atoms with Gasteiger partial charge in [-0.05, 0) is 36.3 Å². The van der Waals surface area contributed by atoms with Crippen molar-refractivity contribution in [3.63, 3.8) is 0 Å². The highest BCUT2D eigenvalue weighted by Crippen LogP contribution is 2.32. The number of anilines is 3. The predicted octanol–water partition coefficient (Wildman–Crippen LogP) is 4.24. The Hall–Kier alpha value is -3.81. The summed E-state index contributed by atoms with van der Waals surface area (Å²) >= 11 is 0. The normalized spacial score (nSPS) is 10.6. The summed E-state index contributed by atoms with van der Waals surface area (Å²) in [5, 5.41) is 14.8. The van der Waals surface area contributed by atoms with Crippen molar-refractivity contribution in [2.75, 3.05) is 36.2 Å². The minimum atomic E-state index is -1.20. The van der Waals surface area contributed by atoms with Crippen LogP contribution in [0.25, 0.3) is 6.08 Å². The molecule has 2 aromatic carbocycles. The van der Waals surface area contributed by atoms with E-state index in [0.717, 1.165) is 24.1 Å². The molecule has 2 aromatic rings. The van der Waals surface area contributed by atoms with Gasteiger partial charge >= 0.3 is 5.97 Å². The monoisotopic (exact) mass is 439 g/mol. The molecule has 0 aromatic heterocycles. The van der Waals surface area contributed by atoms with E-state index in [1.54, 1.807) is 6.08 Å². The van der Waals surface area contributed by atoms with Crippen LogP contribution in [0.15, 0.2) is 42.5 Å². The van der Waals surface area contributed by atoms with Crippen molar-refractivity contribution in [2.45, 2.75) is 26.7 Å². The van der Waals surface area contributed by atoms with Crippen molar-refractivity contribution in [3.05, 3.63) is 53.6 Å². The molecule has 0 bridgehead atoms. The van der Waals surface area contributed by atoms with Gasteiger partial charge in [-0.25, -0.2) is 4.79 Å². The van der Waals surface area contributed by atoms with Crippen LogP contribution in [-0.4, -0.2) is 43.6 Å². The molecule has 32 heavy (non-hydrogen) atoms. The van der Waals surface area contributed by atoms with Crippen LogP contribution in [0.3, 0.4) is 0 Å². The summed E-state index contributed by atoms with van der Waals surface area (Å²) in [5.74, 6) is -1.90. The van der Waals surface area contributed by atoms with E-state index >= 15 is 0 Å². The van der Waals surface area contributed by atoms with Crippen LogP contribution < -0.4 is 20.3 Å². The molecule has 2 amide bonds. The number of nitrogens with one attached hydrogen (secondary N) is 2. The van der Waals surface area contributed by atoms with Crippen LogP contribution in [0.2, 0.25) is 0 Å². The maximum atomic E-state index is 12.5. The first kappa shape index (κ1) is 24.5. The van der Waals surface area contributed by atoms with Gasteiger partial charge in [0, 0.05) is 38.8 Å².